The fraction of sp³-hybridized carbons (Fsp3) is 0.417. The topological polar surface area (TPSA) is 64.7 Å². The Labute approximate surface area is 98.0 Å². The SMILES string of the molecule is COc1nccc2cc(C3(O)CCOC3)oc12. The number of aliphatic hydroxyl groups is 1. The van der Waals surface area contributed by atoms with Crippen molar-refractivity contribution in [2.75, 3.05) is 20.3 Å². The van der Waals surface area contributed by atoms with Gasteiger partial charge in [0, 0.05) is 18.0 Å². The lowest BCUT2D eigenvalue weighted by Gasteiger charge is -2.16. The van der Waals surface area contributed by atoms with Crippen LogP contribution in [0.15, 0.2) is 22.7 Å². The second-order valence-electron chi connectivity index (χ2n) is 4.18. The fourth-order valence-corrected chi connectivity index (χ4v) is 2.06. The summed E-state index contributed by atoms with van der Waals surface area (Å²) in [5.41, 5.74) is -0.463. The maximum absolute atomic E-state index is 10.3. The number of methoxy groups -OCH3 is 1. The number of hydrogen-bond acceptors (Lipinski definition) is 5. The van der Waals surface area contributed by atoms with Crippen LogP contribution in [0.2, 0.25) is 0 Å². The summed E-state index contributed by atoms with van der Waals surface area (Å²) >= 11 is 0. The molecule has 0 radical (unpaired) electrons. The average molecular weight is 235 g/mol. The van der Waals surface area contributed by atoms with Crippen molar-refractivity contribution in [1.82, 2.24) is 4.98 Å². The summed E-state index contributed by atoms with van der Waals surface area (Å²) in [6, 6.07) is 3.64. The quantitative estimate of drug-likeness (QED) is 0.853. The van der Waals surface area contributed by atoms with E-state index in [4.69, 9.17) is 13.9 Å². The van der Waals surface area contributed by atoms with Gasteiger partial charge >= 0.3 is 0 Å². The van der Waals surface area contributed by atoms with Crippen molar-refractivity contribution in [3.63, 3.8) is 0 Å². The molecule has 2 aromatic heterocycles. The third-order valence-corrected chi connectivity index (χ3v) is 3.05. The zero-order valence-electron chi connectivity index (χ0n) is 9.47. The Balaban J connectivity index is 2.13. The van der Waals surface area contributed by atoms with Crippen LogP contribution in [0.5, 0.6) is 5.88 Å². The van der Waals surface area contributed by atoms with E-state index in [1.54, 1.807) is 6.20 Å². The third kappa shape index (κ3) is 1.59. The minimum atomic E-state index is -1.02. The summed E-state index contributed by atoms with van der Waals surface area (Å²) in [4.78, 5) is 4.06. The molecule has 2 aromatic rings. The van der Waals surface area contributed by atoms with Crippen molar-refractivity contribution < 1.29 is 19.0 Å². The summed E-state index contributed by atoms with van der Waals surface area (Å²) in [6.45, 7) is 0.811. The normalized spacial score (nSPS) is 24.4. The Morgan fingerprint density at radius 3 is 3.12 bits per heavy atom. The van der Waals surface area contributed by atoms with Gasteiger partial charge in [-0.25, -0.2) is 4.98 Å². The molecule has 17 heavy (non-hydrogen) atoms. The lowest BCUT2D eigenvalue weighted by Crippen LogP contribution is -2.24. The van der Waals surface area contributed by atoms with Crippen LogP contribution in [-0.4, -0.2) is 30.4 Å². The van der Waals surface area contributed by atoms with Gasteiger partial charge in [-0.3, -0.25) is 0 Å². The Kier molecular flexibility index (Phi) is 2.31. The second kappa shape index (κ2) is 3.72. The number of fused-ring (bicyclic) bond motifs is 1. The van der Waals surface area contributed by atoms with Gasteiger partial charge in [-0.05, 0) is 12.1 Å². The first kappa shape index (κ1) is 10.6. The largest absolute Gasteiger partial charge is 0.478 e. The molecule has 1 atom stereocenters. The minimum Gasteiger partial charge on any atom is -0.478 e. The lowest BCUT2D eigenvalue weighted by molar-refractivity contribution is 0.00569. The molecule has 3 rings (SSSR count). The summed E-state index contributed by atoms with van der Waals surface area (Å²) in [5, 5.41) is 11.2. The zero-order valence-corrected chi connectivity index (χ0v) is 9.47. The Morgan fingerprint density at radius 1 is 1.53 bits per heavy atom. The van der Waals surface area contributed by atoms with Crippen LogP contribution in [0.4, 0.5) is 0 Å². The standard InChI is InChI=1S/C12H13NO4/c1-15-11-10-8(2-4-13-11)6-9(17-10)12(14)3-5-16-7-12/h2,4,6,14H,3,5,7H2,1H3. The van der Waals surface area contributed by atoms with Gasteiger partial charge in [0.25, 0.3) is 5.88 Å². The van der Waals surface area contributed by atoms with E-state index in [9.17, 15) is 5.11 Å². The van der Waals surface area contributed by atoms with E-state index >= 15 is 0 Å². The molecule has 1 aliphatic heterocycles. The van der Waals surface area contributed by atoms with Gasteiger partial charge < -0.3 is 19.0 Å². The number of pyridine rings is 1. The first-order chi connectivity index (χ1) is 8.23. The van der Waals surface area contributed by atoms with Crippen molar-refractivity contribution >= 4 is 11.0 Å². The average Bonchev–Trinajstić information content (AvgIpc) is 2.95. The van der Waals surface area contributed by atoms with Crippen molar-refractivity contribution in [3.8, 4) is 5.88 Å². The predicted octanol–water partition coefficient (Wildman–Crippen LogP) is 1.44. The molecular formula is C12H13NO4. The van der Waals surface area contributed by atoms with E-state index in [0.29, 0.717) is 30.3 Å². The highest BCUT2D eigenvalue weighted by Crippen LogP contribution is 2.36. The number of furan rings is 1. The van der Waals surface area contributed by atoms with E-state index < -0.39 is 5.60 Å². The van der Waals surface area contributed by atoms with Crippen molar-refractivity contribution in [3.05, 3.63) is 24.1 Å². The molecule has 1 aliphatic rings. The van der Waals surface area contributed by atoms with E-state index in [0.717, 1.165) is 5.39 Å². The van der Waals surface area contributed by atoms with E-state index in [-0.39, 0.29) is 6.61 Å². The third-order valence-electron chi connectivity index (χ3n) is 3.05. The molecule has 0 aliphatic carbocycles. The maximum Gasteiger partial charge on any atom is 0.258 e. The number of rotatable bonds is 2. The molecule has 0 aromatic carbocycles. The van der Waals surface area contributed by atoms with Gasteiger partial charge in [0.05, 0.1) is 20.3 Å². The molecule has 1 saturated heterocycles. The minimum absolute atomic E-state index is 0.266. The highest BCUT2D eigenvalue weighted by atomic mass is 16.5. The first-order valence-electron chi connectivity index (χ1n) is 5.46. The number of ether oxygens (including phenoxy) is 2. The Morgan fingerprint density at radius 2 is 2.41 bits per heavy atom. The molecule has 1 N–H and O–H groups in total. The summed E-state index contributed by atoms with van der Waals surface area (Å²) < 4.78 is 16.0. The van der Waals surface area contributed by atoms with Gasteiger partial charge in [0.15, 0.2) is 5.58 Å². The zero-order chi connectivity index (χ0) is 11.9. The predicted molar refractivity (Wildman–Crippen MR) is 59.9 cm³/mol. The van der Waals surface area contributed by atoms with Crippen molar-refractivity contribution in [1.29, 1.82) is 0 Å². The van der Waals surface area contributed by atoms with Crippen LogP contribution in [-0.2, 0) is 10.3 Å². The highest BCUT2D eigenvalue weighted by Gasteiger charge is 2.37. The first-order valence-corrected chi connectivity index (χ1v) is 5.46. The van der Waals surface area contributed by atoms with Crippen LogP contribution in [0, 0.1) is 0 Å². The maximum atomic E-state index is 10.3. The molecule has 90 valence electrons. The van der Waals surface area contributed by atoms with Crippen LogP contribution in [0.25, 0.3) is 11.0 Å². The Hall–Kier alpha value is -1.59. The highest BCUT2D eigenvalue weighted by molar-refractivity contribution is 5.82. The van der Waals surface area contributed by atoms with Crippen LogP contribution >= 0.6 is 0 Å². The summed E-state index contributed by atoms with van der Waals surface area (Å²) in [7, 11) is 1.54. The van der Waals surface area contributed by atoms with Crippen LogP contribution < -0.4 is 4.74 Å². The molecule has 1 unspecified atom stereocenters. The van der Waals surface area contributed by atoms with E-state index in [2.05, 4.69) is 4.98 Å². The van der Waals surface area contributed by atoms with Gasteiger partial charge in [-0.2, -0.15) is 0 Å². The Bertz CT molecular complexity index is 542. The molecule has 5 heteroatoms. The molecule has 0 saturated carbocycles. The van der Waals surface area contributed by atoms with Crippen LogP contribution in [0.1, 0.15) is 12.2 Å². The lowest BCUT2D eigenvalue weighted by atomic mass is 10.0. The van der Waals surface area contributed by atoms with E-state index in [1.165, 1.54) is 7.11 Å². The second-order valence-corrected chi connectivity index (χ2v) is 4.18. The summed E-state index contributed by atoms with van der Waals surface area (Å²) in [5.74, 6) is 0.938. The monoisotopic (exact) mass is 235 g/mol. The van der Waals surface area contributed by atoms with E-state index in [1.807, 2.05) is 12.1 Å². The molecule has 0 bridgehead atoms. The van der Waals surface area contributed by atoms with Crippen LogP contribution in [0.3, 0.4) is 0 Å². The van der Waals surface area contributed by atoms with Crippen molar-refractivity contribution in [2.45, 2.75) is 12.0 Å². The van der Waals surface area contributed by atoms with Gasteiger partial charge in [0.2, 0.25) is 0 Å². The van der Waals surface area contributed by atoms with Gasteiger partial charge in [0.1, 0.15) is 11.4 Å². The number of hydrogen-bond donors (Lipinski definition) is 1. The molecular weight excluding hydrogens is 222 g/mol. The molecule has 3 heterocycles. The molecule has 1 fully saturated rings. The number of aromatic nitrogens is 1. The summed E-state index contributed by atoms with van der Waals surface area (Å²) in [6.07, 6.45) is 2.19. The van der Waals surface area contributed by atoms with Crippen molar-refractivity contribution in [2.24, 2.45) is 0 Å². The number of nitrogens with zero attached hydrogens (tertiary/aromatic N) is 1. The fourth-order valence-electron chi connectivity index (χ4n) is 2.06. The smallest absolute Gasteiger partial charge is 0.258 e. The van der Waals surface area contributed by atoms with Gasteiger partial charge in [-0.15, -0.1) is 0 Å². The molecule has 5 nitrogen and oxygen atoms in total. The van der Waals surface area contributed by atoms with Gasteiger partial charge in [-0.1, -0.05) is 0 Å². The molecule has 0 amide bonds. The molecule has 0 spiro atoms.